The molecule has 1 fully saturated rings. The number of fused-ring (bicyclic) bond motifs is 1. The SMILES string of the molecule is O=C(NC1CCc2cc(Br)ccc2C1)C1CCN(CCCn2cccc2)CC1. The number of benzene rings is 1. The van der Waals surface area contributed by atoms with Crippen LogP contribution >= 0.6 is 15.9 Å². The number of likely N-dealkylation sites (tertiary alicyclic amines) is 1. The standard InChI is InChI=1S/C23H30BrN3O/c24-21-6-4-20-17-22(7-5-19(20)16-21)25-23(28)18-8-14-27(15-9-18)13-3-12-26-10-1-2-11-26/h1-2,4,6,10-11,16,18,22H,3,5,7-9,12-15,17H2,(H,25,28). The van der Waals surface area contributed by atoms with Gasteiger partial charge >= 0.3 is 0 Å². The summed E-state index contributed by atoms with van der Waals surface area (Å²) in [5.41, 5.74) is 2.81. The number of piperidine rings is 1. The van der Waals surface area contributed by atoms with Crippen LogP contribution < -0.4 is 5.32 Å². The van der Waals surface area contributed by atoms with E-state index >= 15 is 0 Å². The fourth-order valence-electron chi connectivity index (χ4n) is 4.58. The van der Waals surface area contributed by atoms with E-state index in [1.807, 2.05) is 0 Å². The maximum Gasteiger partial charge on any atom is 0.223 e. The van der Waals surface area contributed by atoms with E-state index in [1.165, 1.54) is 17.5 Å². The first-order valence-electron chi connectivity index (χ1n) is 10.6. The minimum absolute atomic E-state index is 0.187. The molecule has 2 aromatic rings. The van der Waals surface area contributed by atoms with Crippen molar-refractivity contribution < 1.29 is 4.79 Å². The molecule has 1 aliphatic heterocycles. The van der Waals surface area contributed by atoms with Gasteiger partial charge in [0.2, 0.25) is 5.91 Å². The number of nitrogens with zero attached hydrogens (tertiary/aromatic N) is 2. The van der Waals surface area contributed by atoms with Crippen molar-refractivity contribution in [2.45, 2.75) is 51.1 Å². The van der Waals surface area contributed by atoms with Gasteiger partial charge in [-0.05, 0) is 93.6 Å². The molecular weight excluding hydrogens is 414 g/mol. The number of hydrogen-bond acceptors (Lipinski definition) is 2. The van der Waals surface area contributed by atoms with Crippen LogP contribution in [0.5, 0.6) is 0 Å². The molecule has 150 valence electrons. The zero-order valence-corrected chi connectivity index (χ0v) is 18.0. The molecule has 0 bridgehead atoms. The highest BCUT2D eigenvalue weighted by Gasteiger charge is 2.27. The van der Waals surface area contributed by atoms with E-state index in [1.54, 1.807) is 0 Å². The lowest BCUT2D eigenvalue weighted by Crippen LogP contribution is -2.45. The summed E-state index contributed by atoms with van der Waals surface area (Å²) in [7, 11) is 0. The maximum absolute atomic E-state index is 12.8. The Bertz CT molecular complexity index is 781. The molecule has 2 heterocycles. The number of aromatic nitrogens is 1. The highest BCUT2D eigenvalue weighted by molar-refractivity contribution is 9.10. The molecule has 4 nitrogen and oxygen atoms in total. The molecule has 1 N–H and O–H groups in total. The summed E-state index contributed by atoms with van der Waals surface area (Å²) in [5.74, 6) is 0.463. The van der Waals surface area contributed by atoms with Crippen LogP contribution in [0.2, 0.25) is 0 Å². The zero-order valence-electron chi connectivity index (χ0n) is 16.4. The highest BCUT2D eigenvalue weighted by Crippen LogP contribution is 2.25. The Balaban J connectivity index is 1.18. The Morgan fingerprint density at radius 3 is 2.64 bits per heavy atom. The average Bonchev–Trinajstić information content (AvgIpc) is 3.22. The van der Waals surface area contributed by atoms with Crippen LogP contribution in [-0.2, 0) is 24.2 Å². The molecular formula is C23H30BrN3O. The summed E-state index contributed by atoms with van der Waals surface area (Å²) in [6, 6.07) is 11.0. The van der Waals surface area contributed by atoms with Crippen molar-refractivity contribution in [3.8, 4) is 0 Å². The molecule has 1 aromatic heterocycles. The van der Waals surface area contributed by atoms with Gasteiger partial charge in [0.05, 0.1) is 0 Å². The van der Waals surface area contributed by atoms with Crippen LogP contribution in [0.15, 0.2) is 47.2 Å². The van der Waals surface area contributed by atoms with Crippen LogP contribution in [-0.4, -0.2) is 41.1 Å². The van der Waals surface area contributed by atoms with E-state index in [9.17, 15) is 4.79 Å². The average molecular weight is 444 g/mol. The van der Waals surface area contributed by atoms with Gasteiger partial charge in [0.15, 0.2) is 0 Å². The molecule has 5 heteroatoms. The molecule has 0 radical (unpaired) electrons. The number of carbonyl (C=O) groups is 1. The third-order valence-corrected chi connectivity index (χ3v) is 6.75. The van der Waals surface area contributed by atoms with Crippen molar-refractivity contribution in [1.29, 1.82) is 0 Å². The topological polar surface area (TPSA) is 37.3 Å². The van der Waals surface area contributed by atoms with Gasteiger partial charge < -0.3 is 14.8 Å². The summed E-state index contributed by atoms with van der Waals surface area (Å²) >= 11 is 3.55. The molecule has 4 rings (SSSR count). The number of carbonyl (C=O) groups excluding carboxylic acids is 1. The van der Waals surface area contributed by atoms with E-state index in [0.29, 0.717) is 6.04 Å². The summed E-state index contributed by atoms with van der Waals surface area (Å²) in [6.07, 6.45) is 10.5. The lowest BCUT2D eigenvalue weighted by atomic mass is 9.87. The fraction of sp³-hybridized carbons (Fsp3) is 0.522. The molecule has 0 spiro atoms. The fourth-order valence-corrected chi connectivity index (χ4v) is 4.99. The Morgan fingerprint density at radius 2 is 1.86 bits per heavy atom. The second-order valence-corrected chi connectivity index (χ2v) is 9.17. The summed E-state index contributed by atoms with van der Waals surface area (Å²) in [4.78, 5) is 15.3. The predicted molar refractivity (Wildman–Crippen MR) is 116 cm³/mol. The first kappa shape index (κ1) is 19.7. The molecule has 0 saturated carbocycles. The molecule has 1 amide bonds. The lowest BCUT2D eigenvalue weighted by molar-refractivity contribution is -0.127. The summed E-state index contributed by atoms with van der Waals surface area (Å²) < 4.78 is 3.38. The molecule has 1 unspecified atom stereocenters. The van der Waals surface area contributed by atoms with Crippen LogP contribution in [0.4, 0.5) is 0 Å². The monoisotopic (exact) mass is 443 g/mol. The number of hydrogen-bond donors (Lipinski definition) is 1. The minimum atomic E-state index is 0.187. The number of amides is 1. The Kier molecular flexibility index (Phi) is 6.53. The van der Waals surface area contributed by atoms with Gasteiger partial charge in [-0.1, -0.05) is 22.0 Å². The Hall–Kier alpha value is -1.59. The Morgan fingerprint density at radius 1 is 1.07 bits per heavy atom. The van der Waals surface area contributed by atoms with E-state index in [0.717, 1.165) is 62.8 Å². The van der Waals surface area contributed by atoms with Crippen molar-refractivity contribution in [1.82, 2.24) is 14.8 Å². The summed E-state index contributed by atoms with van der Waals surface area (Å²) in [6.45, 7) is 4.30. The molecule has 1 aliphatic carbocycles. The number of nitrogens with one attached hydrogen (secondary N) is 1. The largest absolute Gasteiger partial charge is 0.354 e. The summed E-state index contributed by atoms with van der Waals surface area (Å²) in [5, 5.41) is 3.35. The van der Waals surface area contributed by atoms with Gasteiger partial charge in [0.25, 0.3) is 0 Å². The van der Waals surface area contributed by atoms with Crippen molar-refractivity contribution in [2.24, 2.45) is 5.92 Å². The first-order valence-corrected chi connectivity index (χ1v) is 11.4. The van der Waals surface area contributed by atoms with Crippen molar-refractivity contribution in [3.05, 3.63) is 58.3 Å². The second-order valence-electron chi connectivity index (χ2n) is 8.25. The number of aryl methyl sites for hydroxylation is 2. The first-order chi connectivity index (χ1) is 13.7. The van der Waals surface area contributed by atoms with Gasteiger partial charge in [-0.25, -0.2) is 0 Å². The van der Waals surface area contributed by atoms with E-state index in [2.05, 4.69) is 73.4 Å². The molecule has 2 aliphatic rings. The van der Waals surface area contributed by atoms with E-state index in [-0.39, 0.29) is 11.8 Å². The van der Waals surface area contributed by atoms with Crippen LogP contribution in [0.3, 0.4) is 0 Å². The molecule has 28 heavy (non-hydrogen) atoms. The highest BCUT2D eigenvalue weighted by atomic mass is 79.9. The predicted octanol–water partition coefficient (Wildman–Crippen LogP) is 4.03. The van der Waals surface area contributed by atoms with Crippen molar-refractivity contribution in [2.75, 3.05) is 19.6 Å². The van der Waals surface area contributed by atoms with Crippen LogP contribution in [0, 0.1) is 5.92 Å². The number of halogens is 1. The Labute approximate surface area is 176 Å². The molecule has 1 saturated heterocycles. The third-order valence-electron chi connectivity index (χ3n) is 6.26. The van der Waals surface area contributed by atoms with Crippen molar-refractivity contribution in [3.63, 3.8) is 0 Å². The number of rotatable bonds is 6. The normalized spacial score (nSPS) is 20.7. The molecule has 1 atom stereocenters. The van der Waals surface area contributed by atoms with Gasteiger partial charge in [-0.15, -0.1) is 0 Å². The molecule has 1 aromatic carbocycles. The van der Waals surface area contributed by atoms with Crippen LogP contribution in [0.25, 0.3) is 0 Å². The second kappa shape index (κ2) is 9.27. The van der Waals surface area contributed by atoms with E-state index < -0.39 is 0 Å². The quantitative estimate of drug-likeness (QED) is 0.731. The lowest BCUT2D eigenvalue weighted by Gasteiger charge is -2.33. The van der Waals surface area contributed by atoms with Crippen LogP contribution in [0.1, 0.15) is 36.8 Å². The smallest absolute Gasteiger partial charge is 0.223 e. The zero-order chi connectivity index (χ0) is 19.3. The third kappa shape index (κ3) is 5.06. The van der Waals surface area contributed by atoms with Gasteiger partial charge in [0.1, 0.15) is 0 Å². The maximum atomic E-state index is 12.8. The van der Waals surface area contributed by atoms with E-state index in [4.69, 9.17) is 0 Å². The van der Waals surface area contributed by atoms with Crippen molar-refractivity contribution >= 4 is 21.8 Å². The van der Waals surface area contributed by atoms with Gasteiger partial charge in [-0.3, -0.25) is 4.79 Å². The van der Waals surface area contributed by atoms with Gasteiger partial charge in [-0.2, -0.15) is 0 Å². The minimum Gasteiger partial charge on any atom is -0.354 e. The van der Waals surface area contributed by atoms with Gasteiger partial charge in [0, 0.05) is 35.4 Å².